The summed E-state index contributed by atoms with van der Waals surface area (Å²) >= 11 is 0. The van der Waals surface area contributed by atoms with Crippen LogP contribution in [0.1, 0.15) is 32.3 Å². The van der Waals surface area contributed by atoms with E-state index >= 15 is 0 Å². The van der Waals surface area contributed by atoms with Crippen LogP contribution in [0.5, 0.6) is 0 Å². The van der Waals surface area contributed by atoms with Crippen molar-refractivity contribution in [3.63, 3.8) is 0 Å². The lowest BCUT2D eigenvalue weighted by Crippen LogP contribution is -2.32. The van der Waals surface area contributed by atoms with Crippen LogP contribution in [-0.4, -0.2) is 17.1 Å². The van der Waals surface area contributed by atoms with Crippen molar-refractivity contribution >= 4 is 16.6 Å². The lowest BCUT2D eigenvalue weighted by Gasteiger charge is -2.29. The van der Waals surface area contributed by atoms with Crippen molar-refractivity contribution in [1.29, 1.82) is 0 Å². The Morgan fingerprint density at radius 1 is 1.14 bits per heavy atom. The molecule has 22 heavy (non-hydrogen) atoms. The summed E-state index contributed by atoms with van der Waals surface area (Å²) in [6.45, 7) is 4.15. The topological polar surface area (TPSA) is 36.1 Å². The molecule has 0 amide bonds. The number of hydrogen-bond donors (Lipinski definition) is 1. The zero-order chi connectivity index (χ0) is 16.1. The van der Waals surface area contributed by atoms with Crippen molar-refractivity contribution in [1.82, 2.24) is 4.98 Å². The second-order valence-electron chi connectivity index (χ2n) is 5.96. The summed E-state index contributed by atoms with van der Waals surface area (Å²) in [5, 5.41) is 0.0379. The molecular weight excluding hydrogens is 293 g/mol. The van der Waals surface area contributed by atoms with Crippen molar-refractivity contribution < 1.29 is 13.2 Å². The number of anilines is 1. The number of aromatic nitrogens is 1. The van der Waals surface area contributed by atoms with Crippen LogP contribution in [0.4, 0.5) is 18.9 Å². The maximum Gasteiger partial charge on any atom is 0.417 e. The molecule has 6 heteroatoms. The highest BCUT2D eigenvalue weighted by Crippen LogP contribution is 2.37. The highest BCUT2D eigenvalue weighted by molar-refractivity contribution is 5.86. The maximum atomic E-state index is 13.2. The van der Waals surface area contributed by atoms with E-state index in [0.717, 1.165) is 18.5 Å². The third-order valence-corrected chi connectivity index (χ3v) is 4.38. The van der Waals surface area contributed by atoms with E-state index in [0.29, 0.717) is 18.2 Å². The molecule has 0 saturated carbocycles. The van der Waals surface area contributed by atoms with E-state index in [1.807, 2.05) is 0 Å². The molecule has 2 heterocycles. The van der Waals surface area contributed by atoms with Crippen LogP contribution in [0.25, 0.3) is 10.9 Å². The quantitative estimate of drug-likeness (QED) is 0.866. The summed E-state index contributed by atoms with van der Waals surface area (Å²) in [5.41, 5.74) is -0.645. The minimum atomic E-state index is -4.55. The summed E-state index contributed by atoms with van der Waals surface area (Å²) in [6.07, 6.45) is -2.50. The van der Waals surface area contributed by atoms with Gasteiger partial charge in [-0.1, -0.05) is 0 Å². The van der Waals surface area contributed by atoms with Crippen molar-refractivity contribution in [3.8, 4) is 0 Å². The number of halogens is 3. The number of fused-ring (bicyclic) bond motifs is 1. The third kappa shape index (κ3) is 2.46. The summed E-state index contributed by atoms with van der Waals surface area (Å²) in [7, 11) is 0. The van der Waals surface area contributed by atoms with Crippen LogP contribution >= 0.6 is 0 Å². The van der Waals surface area contributed by atoms with Crippen LogP contribution in [0.3, 0.4) is 0 Å². The summed E-state index contributed by atoms with van der Waals surface area (Å²) < 4.78 is 39.6. The van der Waals surface area contributed by atoms with Gasteiger partial charge in [0.1, 0.15) is 0 Å². The highest BCUT2D eigenvalue weighted by atomic mass is 19.4. The van der Waals surface area contributed by atoms with Crippen LogP contribution < -0.4 is 10.5 Å². The van der Waals surface area contributed by atoms with E-state index in [2.05, 4.69) is 23.7 Å². The number of alkyl halides is 3. The Morgan fingerprint density at radius 3 is 2.36 bits per heavy atom. The molecule has 1 fully saturated rings. The lowest BCUT2D eigenvalue weighted by atomic mass is 10.1. The lowest BCUT2D eigenvalue weighted by molar-refractivity contribution is -0.136. The van der Waals surface area contributed by atoms with E-state index in [1.54, 1.807) is 12.1 Å². The predicted octanol–water partition coefficient (Wildman–Crippen LogP) is 3.92. The molecule has 0 radical (unpaired) electrons. The number of pyridine rings is 1. The Morgan fingerprint density at radius 2 is 1.77 bits per heavy atom. The first-order valence-corrected chi connectivity index (χ1v) is 7.30. The molecule has 0 bridgehead atoms. The summed E-state index contributed by atoms with van der Waals surface area (Å²) in [6, 6.07) is 6.08. The van der Waals surface area contributed by atoms with Crippen LogP contribution in [0.15, 0.2) is 29.1 Å². The molecular formula is C16H17F3N2O. The van der Waals surface area contributed by atoms with E-state index in [4.69, 9.17) is 0 Å². The Kier molecular flexibility index (Phi) is 3.42. The fourth-order valence-electron chi connectivity index (χ4n) is 3.34. The Hall–Kier alpha value is -1.98. The third-order valence-electron chi connectivity index (χ3n) is 4.38. The molecule has 1 saturated heterocycles. The second-order valence-corrected chi connectivity index (χ2v) is 5.96. The normalized spacial score (nSPS) is 22.5. The number of H-pyrrole nitrogens is 1. The van der Waals surface area contributed by atoms with E-state index in [9.17, 15) is 18.0 Å². The smallest absolute Gasteiger partial charge is 0.366 e. The van der Waals surface area contributed by atoms with Crippen LogP contribution in [0, 0.1) is 0 Å². The first-order valence-electron chi connectivity index (χ1n) is 7.30. The Balaban J connectivity index is 2.21. The summed E-state index contributed by atoms with van der Waals surface area (Å²) in [4.78, 5) is 16.0. The van der Waals surface area contributed by atoms with Gasteiger partial charge >= 0.3 is 6.18 Å². The summed E-state index contributed by atoms with van der Waals surface area (Å²) in [5.74, 6) is 0. The number of nitrogens with one attached hydrogen (secondary N) is 1. The minimum Gasteiger partial charge on any atom is -0.366 e. The average molecular weight is 310 g/mol. The fraction of sp³-hybridized carbons (Fsp3) is 0.438. The molecule has 1 aliphatic heterocycles. The van der Waals surface area contributed by atoms with Gasteiger partial charge in [-0.25, -0.2) is 0 Å². The number of nitrogens with zero attached hydrogens (tertiary/aromatic N) is 1. The van der Waals surface area contributed by atoms with E-state index < -0.39 is 17.3 Å². The molecule has 1 aliphatic rings. The zero-order valence-corrected chi connectivity index (χ0v) is 12.4. The van der Waals surface area contributed by atoms with Gasteiger partial charge in [0, 0.05) is 34.7 Å². The van der Waals surface area contributed by atoms with Gasteiger partial charge in [0.2, 0.25) is 5.56 Å². The molecule has 2 atom stereocenters. The molecule has 118 valence electrons. The van der Waals surface area contributed by atoms with Crippen molar-refractivity contribution in [2.75, 3.05) is 4.90 Å². The molecule has 1 N–H and O–H groups in total. The van der Waals surface area contributed by atoms with Gasteiger partial charge in [0.15, 0.2) is 0 Å². The predicted molar refractivity (Wildman–Crippen MR) is 80.2 cm³/mol. The molecule has 0 unspecified atom stereocenters. The molecule has 0 aliphatic carbocycles. The Bertz CT molecular complexity index is 756. The zero-order valence-electron chi connectivity index (χ0n) is 12.4. The average Bonchev–Trinajstić information content (AvgIpc) is 2.76. The number of hydrogen-bond acceptors (Lipinski definition) is 2. The largest absolute Gasteiger partial charge is 0.417 e. The number of rotatable bonds is 1. The fourth-order valence-corrected chi connectivity index (χ4v) is 3.34. The van der Waals surface area contributed by atoms with E-state index in [1.165, 1.54) is 6.07 Å². The van der Waals surface area contributed by atoms with Crippen molar-refractivity contribution in [3.05, 3.63) is 40.2 Å². The molecule has 0 spiro atoms. The van der Waals surface area contributed by atoms with Gasteiger partial charge in [-0.15, -0.1) is 0 Å². The first kappa shape index (κ1) is 14.9. The number of benzene rings is 1. The standard InChI is InChI=1S/C16H17F3N2O/c1-9-3-4-10(2)21(9)11-5-6-14-12(7-11)13(16(17,18)19)8-15(22)20-14/h5-10H,3-4H2,1-2H3,(H,20,22)/t9-,10-/m0/s1. The van der Waals surface area contributed by atoms with Crippen LogP contribution in [0.2, 0.25) is 0 Å². The monoisotopic (exact) mass is 310 g/mol. The van der Waals surface area contributed by atoms with Gasteiger partial charge in [-0.2, -0.15) is 13.2 Å². The van der Waals surface area contributed by atoms with Gasteiger partial charge in [0.05, 0.1) is 5.56 Å². The van der Waals surface area contributed by atoms with Crippen molar-refractivity contribution in [2.24, 2.45) is 0 Å². The molecule has 3 rings (SSSR count). The second kappa shape index (κ2) is 5.04. The van der Waals surface area contributed by atoms with Crippen molar-refractivity contribution in [2.45, 2.75) is 44.9 Å². The van der Waals surface area contributed by atoms with Gasteiger partial charge in [0.25, 0.3) is 0 Å². The molecule has 1 aromatic heterocycles. The number of aromatic amines is 1. The SMILES string of the molecule is C[C@H]1CC[C@H](C)N1c1ccc2[nH]c(=O)cc(C(F)(F)F)c2c1. The minimum absolute atomic E-state index is 0.0379. The first-order chi connectivity index (χ1) is 10.3. The van der Waals surface area contributed by atoms with E-state index in [-0.39, 0.29) is 10.9 Å². The molecule has 3 nitrogen and oxygen atoms in total. The van der Waals surface area contributed by atoms with Gasteiger partial charge in [-0.05, 0) is 44.9 Å². The van der Waals surface area contributed by atoms with Gasteiger partial charge < -0.3 is 9.88 Å². The highest BCUT2D eigenvalue weighted by Gasteiger charge is 2.34. The maximum absolute atomic E-state index is 13.2. The molecule has 2 aromatic rings. The van der Waals surface area contributed by atoms with Crippen LogP contribution in [-0.2, 0) is 6.18 Å². The Labute approximate surface area is 125 Å². The molecule has 1 aromatic carbocycles. The van der Waals surface area contributed by atoms with Gasteiger partial charge in [-0.3, -0.25) is 4.79 Å².